The van der Waals surface area contributed by atoms with Gasteiger partial charge in [-0.25, -0.2) is 9.59 Å². The summed E-state index contributed by atoms with van der Waals surface area (Å²) < 4.78 is 4.65. The van der Waals surface area contributed by atoms with E-state index in [-0.39, 0.29) is 0 Å². The first-order valence-corrected chi connectivity index (χ1v) is 5.58. The molecule has 0 aromatic carbocycles. The molecule has 15 heavy (non-hydrogen) atoms. The third kappa shape index (κ3) is 1.83. The second-order valence-corrected chi connectivity index (χ2v) is 4.69. The molecule has 0 spiro atoms. The van der Waals surface area contributed by atoms with Crippen LogP contribution in [0.15, 0.2) is 11.1 Å². The van der Waals surface area contributed by atoms with Crippen LogP contribution in [0.5, 0.6) is 0 Å². The summed E-state index contributed by atoms with van der Waals surface area (Å²) in [5, 5.41) is 0. The highest BCUT2D eigenvalue weighted by Crippen LogP contribution is 2.34. The van der Waals surface area contributed by atoms with E-state index in [2.05, 4.69) is 18.6 Å². The van der Waals surface area contributed by atoms with Gasteiger partial charge in [0.05, 0.1) is 0 Å². The second-order valence-electron chi connectivity index (χ2n) is 4.69. The van der Waals surface area contributed by atoms with Crippen LogP contribution in [0, 0.1) is 11.8 Å². The lowest BCUT2D eigenvalue weighted by molar-refractivity contribution is -0.151. The van der Waals surface area contributed by atoms with E-state index in [1.54, 1.807) is 0 Å². The molecule has 0 radical (unpaired) electrons. The highest BCUT2D eigenvalue weighted by atomic mass is 16.6. The fraction of sp³-hybridized carbons (Fsp3) is 0.667. The molecule has 3 heteroatoms. The van der Waals surface area contributed by atoms with Crippen LogP contribution in [0.2, 0.25) is 0 Å². The predicted octanol–water partition coefficient (Wildman–Crippen LogP) is 2.21. The van der Waals surface area contributed by atoms with Crippen LogP contribution in [-0.4, -0.2) is 11.9 Å². The molecule has 2 aliphatic rings. The number of esters is 2. The van der Waals surface area contributed by atoms with Crippen molar-refractivity contribution in [2.45, 2.75) is 39.5 Å². The summed E-state index contributed by atoms with van der Waals surface area (Å²) in [5.74, 6) is 0.254. The van der Waals surface area contributed by atoms with Crippen molar-refractivity contribution >= 4 is 11.9 Å². The van der Waals surface area contributed by atoms with Crippen molar-refractivity contribution in [3.63, 3.8) is 0 Å². The monoisotopic (exact) mass is 208 g/mol. The molecule has 0 N–H and O–H groups in total. The molecular weight excluding hydrogens is 192 g/mol. The molecule has 0 aromatic heterocycles. The van der Waals surface area contributed by atoms with Crippen molar-refractivity contribution in [2.75, 3.05) is 0 Å². The van der Waals surface area contributed by atoms with Crippen molar-refractivity contribution in [1.29, 1.82) is 0 Å². The first kappa shape index (κ1) is 10.4. The van der Waals surface area contributed by atoms with E-state index in [1.807, 2.05) is 0 Å². The van der Waals surface area contributed by atoms with Crippen LogP contribution in [0.3, 0.4) is 0 Å². The average molecular weight is 208 g/mol. The van der Waals surface area contributed by atoms with Crippen molar-refractivity contribution in [2.24, 2.45) is 11.8 Å². The van der Waals surface area contributed by atoms with E-state index in [1.165, 1.54) is 0 Å². The molecule has 0 saturated carbocycles. The minimum absolute atomic E-state index is 0.406. The number of ether oxygens (including phenoxy) is 1. The first-order valence-electron chi connectivity index (χ1n) is 5.58. The number of carbonyl (C=O) groups is 2. The fourth-order valence-corrected chi connectivity index (χ4v) is 2.32. The molecule has 0 saturated heterocycles. The minimum Gasteiger partial charge on any atom is -0.386 e. The molecule has 1 aliphatic heterocycles. The molecular formula is C12H16O3. The van der Waals surface area contributed by atoms with Crippen LogP contribution in [0.1, 0.15) is 39.5 Å². The van der Waals surface area contributed by atoms with Gasteiger partial charge in [0, 0.05) is 11.1 Å². The van der Waals surface area contributed by atoms with E-state index >= 15 is 0 Å². The molecule has 1 heterocycles. The van der Waals surface area contributed by atoms with Crippen LogP contribution in [0.25, 0.3) is 0 Å². The van der Waals surface area contributed by atoms with Gasteiger partial charge in [-0.05, 0) is 31.1 Å². The van der Waals surface area contributed by atoms with Gasteiger partial charge in [0.15, 0.2) is 0 Å². The second kappa shape index (κ2) is 3.80. The molecule has 0 fully saturated rings. The number of rotatable bonds is 0. The van der Waals surface area contributed by atoms with Gasteiger partial charge < -0.3 is 4.74 Å². The predicted molar refractivity (Wildman–Crippen MR) is 54.9 cm³/mol. The SMILES string of the molecule is C[C@@H]1CCCC2=C(C[C@@H]1C)C(=O)OC2=O. The Kier molecular flexibility index (Phi) is 2.63. The van der Waals surface area contributed by atoms with Crippen LogP contribution in [0.4, 0.5) is 0 Å². The Morgan fingerprint density at radius 3 is 2.47 bits per heavy atom. The van der Waals surface area contributed by atoms with Gasteiger partial charge >= 0.3 is 11.9 Å². The Balaban J connectivity index is 2.29. The summed E-state index contributed by atoms with van der Waals surface area (Å²) in [4.78, 5) is 22.8. The van der Waals surface area contributed by atoms with Crippen molar-refractivity contribution in [3.05, 3.63) is 11.1 Å². The quantitative estimate of drug-likeness (QED) is 0.453. The molecule has 3 nitrogen and oxygen atoms in total. The standard InChI is InChI=1S/C12H16O3/c1-7-4-3-5-9-10(6-8(7)2)12(14)15-11(9)13/h7-8H,3-6H2,1-2H3/t7-,8+/m1/s1. The molecule has 2 atom stereocenters. The van der Waals surface area contributed by atoms with E-state index in [0.717, 1.165) is 12.8 Å². The lowest BCUT2D eigenvalue weighted by atomic mass is 9.82. The Labute approximate surface area is 89.5 Å². The van der Waals surface area contributed by atoms with Gasteiger partial charge in [-0.1, -0.05) is 20.3 Å². The van der Waals surface area contributed by atoms with Gasteiger partial charge in [0.2, 0.25) is 0 Å². The lowest BCUT2D eigenvalue weighted by Crippen LogP contribution is -2.14. The topological polar surface area (TPSA) is 43.4 Å². The number of hydrogen-bond donors (Lipinski definition) is 0. The summed E-state index contributed by atoms with van der Waals surface area (Å²) in [6.07, 6.45) is 3.50. The zero-order valence-corrected chi connectivity index (χ0v) is 9.21. The van der Waals surface area contributed by atoms with Crippen molar-refractivity contribution in [3.8, 4) is 0 Å². The summed E-state index contributed by atoms with van der Waals surface area (Å²) in [5.41, 5.74) is 1.28. The third-order valence-electron chi connectivity index (χ3n) is 3.63. The summed E-state index contributed by atoms with van der Waals surface area (Å²) in [6.45, 7) is 4.34. The summed E-state index contributed by atoms with van der Waals surface area (Å²) >= 11 is 0. The van der Waals surface area contributed by atoms with Crippen LogP contribution < -0.4 is 0 Å². The van der Waals surface area contributed by atoms with E-state index < -0.39 is 11.9 Å². The lowest BCUT2D eigenvalue weighted by Gasteiger charge is -2.22. The maximum Gasteiger partial charge on any atom is 0.342 e. The molecule has 2 rings (SSSR count). The van der Waals surface area contributed by atoms with E-state index in [4.69, 9.17) is 0 Å². The number of hydrogen-bond acceptors (Lipinski definition) is 3. The maximum absolute atomic E-state index is 11.4. The maximum atomic E-state index is 11.4. The zero-order chi connectivity index (χ0) is 11.0. The average Bonchev–Trinajstić information content (AvgIpc) is 2.41. The zero-order valence-electron chi connectivity index (χ0n) is 9.21. The highest BCUT2D eigenvalue weighted by molar-refractivity contribution is 6.12. The minimum atomic E-state index is -0.407. The first-order chi connectivity index (χ1) is 7.09. The molecule has 0 amide bonds. The van der Waals surface area contributed by atoms with E-state index in [9.17, 15) is 9.59 Å². The Bertz CT molecular complexity index is 341. The molecule has 1 aliphatic carbocycles. The fourth-order valence-electron chi connectivity index (χ4n) is 2.32. The van der Waals surface area contributed by atoms with Gasteiger partial charge in [-0.15, -0.1) is 0 Å². The van der Waals surface area contributed by atoms with Gasteiger partial charge in [0.25, 0.3) is 0 Å². The number of carbonyl (C=O) groups excluding carboxylic acids is 2. The Hall–Kier alpha value is -1.12. The summed E-state index contributed by atoms with van der Waals surface area (Å²) in [6, 6.07) is 0. The van der Waals surface area contributed by atoms with Gasteiger partial charge in [-0.2, -0.15) is 0 Å². The molecule has 0 bridgehead atoms. The Morgan fingerprint density at radius 1 is 1.07 bits per heavy atom. The summed E-state index contributed by atoms with van der Waals surface area (Å²) in [7, 11) is 0. The molecule has 0 aromatic rings. The smallest absolute Gasteiger partial charge is 0.342 e. The highest BCUT2D eigenvalue weighted by Gasteiger charge is 2.34. The molecule has 0 unspecified atom stereocenters. The normalized spacial score (nSPS) is 32.1. The van der Waals surface area contributed by atoms with E-state index in [0.29, 0.717) is 35.8 Å². The van der Waals surface area contributed by atoms with Gasteiger partial charge in [-0.3, -0.25) is 0 Å². The Morgan fingerprint density at radius 2 is 1.73 bits per heavy atom. The third-order valence-corrected chi connectivity index (χ3v) is 3.63. The largest absolute Gasteiger partial charge is 0.386 e. The van der Waals surface area contributed by atoms with Crippen molar-refractivity contribution < 1.29 is 14.3 Å². The number of cyclic esters (lactones) is 2. The van der Waals surface area contributed by atoms with Crippen LogP contribution in [-0.2, 0) is 14.3 Å². The molecule has 82 valence electrons. The van der Waals surface area contributed by atoms with Crippen molar-refractivity contribution in [1.82, 2.24) is 0 Å². The van der Waals surface area contributed by atoms with Gasteiger partial charge in [0.1, 0.15) is 0 Å². The van der Waals surface area contributed by atoms with Crippen LogP contribution >= 0.6 is 0 Å².